The van der Waals surface area contributed by atoms with Gasteiger partial charge in [0.05, 0.1) is 17.2 Å². The second kappa shape index (κ2) is 5.51. The Morgan fingerprint density at radius 1 is 1.15 bits per heavy atom. The molecule has 1 atom stereocenters. The van der Waals surface area contributed by atoms with E-state index >= 15 is 0 Å². The molecule has 0 amide bonds. The van der Waals surface area contributed by atoms with Gasteiger partial charge >= 0.3 is 0 Å². The van der Waals surface area contributed by atoms with E-state index in [2.05, 4.69) is 29.2 Å². The van der Waals surface area contributed by atoms with Crippen LogP contribution in [-0.2, 0) is 4.74 Å². The summed E-state index contributed by atoms with van der Waals surface area (Å²) in [7, 11) is 1.80. The number of methoxy groups -OCH3 is 1. The minimum absolute atomic E-state index is 0.119. The highest BCUT2D eigenvalue weighted by atomic mass is 16.5. The van der Waals surface area contributed by atoms with Crippen LogP contribution in [0, 0.1) is 0 Å². The Labute approximate surface area is 120 Å². The highest BCUT2D eigenvalue weighted by Gasteiger charge is 2.39. The van der Waals surface area contributed by atoms with Gasteiger partial charge in [-0.3, -0.25) is 4.98 Å². The number of hydrogen-bond donors (Lipinski definition) is 1. The van der Waals surface area contributed by atoms with E-state index < -0.39 is 0 Å². The Kier molecular flexibility index (Phi) is 3.72. The summed E-state index contributed by atoms with van der Waals surface area (Å²) in [6, 6.07) is 10.2. The fourth-order valence-corrected chi connectivity index (χ4v) is 3.45. The maximum atomic E-state index is 6.62. The van der Waals surface area contributed by atoms with E-state index in [1.807, 2.05) is 12.3 Å². The van der Waals surface area contributed by atoms with Crippen LogP contribution in [0.15, 0.2) is 36.5 Å². The molecular formula is C17H22N2O. The molecule has 0 spiro atoms. The highest BCUT2D eigenvalue weighted by Crippen LogP contribution is 2.41. The van der Waals surface area contributed by atoms with Gasteiger partial charge in [0.25, 0.3) is 0 Å². The molecule has 0 bridgehead atoms. The van der Waals surface area contributed by atoms with Crippen molar-refractivity contribution in [3.63, 3.8) is 0 Å². The maximum absolute atomic E-state index is 6.62. The van der Waals surface area contributed by atoms with E-state index in [4.69, 9.17) is 10.5 Å². The zero-order valence-corrected chi connectivity index (χ0v) is 12.0. The van der Waals surface area contributed by atoms with E-state index in [1.165, 1.54) is 19.3 Å². The third-order valence-corrected chi connectivity index (χ3v) is 4.67. The van der Waals surface area contributed by atoms with Gasteiger partial charge in [0, 0.05) is 18.7 Å². The van der Waals surface area contributed by atoms with Crippen LogP contribution in [-0.4, -0.2) is 17.7 Å². The molecule has 3 rings (SSSR count). The molecule has 0 aliphatic heterocycles. The number of hydrogen-bond acceptors (Lipinski definition) is 3. The topological polar surface area (TPSA) is 48.1 Å². The van der Waals surface area contributed by atoms with Crippen LogP contribution in [0.2, 0.25) is 0 Å². The molecule has 0 saturated heterocycles. The molecule has 1 aromatic carbocycles. The number of pyridine rings is 1. The molecule has 1 fully saturated rings. The van der Waals surface area contributed by atoms with Crippen molar-refractivity contribution in [1.29, 1.82) is 0 Å². The molecule has 20 heavy (non-hydrogen) atoms. The summed E-state index contributed by atoms with van der Waals surface area (Å²) in [6.07, 6.45) is 7.58. The summed E-state index contributed by atoms with van der Waals surface area (Å²) < 4.78 is 5.89. The molecule has 3 heteroatoms. The van der Waals surface area contributed by atoms with E-state index in [1.54, 1.807) is 7.11 Å². The van der Waals surface area contributed by atoms with Gasteiger partial charge in [-0.25, -0.2) is 0 Å². The zero-order valence-electron chi connectivity index (χ0n) is 12.0. The Morgan fingerprint density at radius 2 is 1.90 bits per heavy atom. The van der Waals surface area contributed by atoms with Gasteiger partial charge in [-0.05, 0) is 24.5 Å². The van der Waals surface area contributed by atoms with Crippen LogP contribution in [0.25, 0.3) is 10.9 Å². The molecule has 1 saturated carbocycles. The van der Waals surface area contributed by atoms with Gasteiger partial charge in [-0.2, -0.15) is 0 Å². The van der Waals surface area contributed by atoms with Crippen LogP contribution in [0.5, 0.6) is 0 Å². The first-order valence-electron chi connectivity index (χ1n) is 7.41. The molecule has 2 N–H and O–H groups in total. The number of ether oxygens (including phenoxy) is 1. The summed E-state index contributed by atoms with van der Waals surface area (Å²) in [6.45, 7) is 0. The first-order chi connectivity index (χ1) is 9.77. The molecule has 1 unspecified atom stereocenters. The summed E-state index contributed by atoms with van der Waals surface area (Å²) >= 11 is 0. The van der Waals surface area contributed by atoms with Crippen molar-refractivity contribution < 1.29 is 4.74 Å². The van der Waals surface area contributed by atoms with E-state index in [-0.39, 0.29) is 11.6 Å². The number of nitrogens with two attached hydrogens (primary N) is 1. The van der Waals surface area contributed by atoms with Gasteiger partial charge in [-0.1, -0.05) is 43.5 Å². The molecule has 1 aliphatic rings. The predicted molar refractivity (Wildman–Crippen MR) is 81.5 cm³/mol. The van der Waals surface area contributed by atoms with Crippen LogP contribution in [0.3, 0.4) is 0 Å². The van der Waals surface area contributed by atoms with Crippen molar-refractivity contribution in [3.05, 3.63) is 42.1 Å². The van der Waals surface area contributed by atoms with Crippen molar-refractivity contribution in [3.8, 4) is 0 Å². The lowest BCUT2D eigenvalue weighted by Gasteiger charge is -2.41. The van der Waals surface area contributed by atoms with Gasteiger partial charge in [0.1, 0.15) is 0 Å². The van der Waals surface area contributed by atoms with Gasteiger partial charge in [0.2, 0.25) is 0 Å². The third-order valence-electron chi connectivity index (χ3n) is 4.67. The Balaban J connectivity index is 2.05. The largest absolute Gasteiger partial charge is 0.376 e. The molecule has 0 radical (unpaired) electrons. The van der Waals surface area contributed by atoms with Gasteiger partial charge in [0.15, 0.2) is 0 Å². The fourth-order valence-electron chi connectivity index (χ4n) is 3.45. The number of fused-ring (bicyclic) bond motifs is 1. The summed E-state index contributed by atoms with van der Waals surface area (Å²) in [5, 5.41) is 1.14. The van der Waals surface area contributed by atoms with Crippen LogP contribution < -0.4 is 5.73 Å². The quantitative estimate of drug-likeness (QED) is 0.927. The van der Waals surface area contributed by atoms with Crippen molar-refractivity contribution in [2.45, 2.75) is 43.7 Å². The Hall–Kier alpha value is -1.45. The summed E-state index contributed by atoms with van der Waals surface area (Å²) in [5.41, 5.74) is 8.49. The predicted octanol–water partition coefficient (Wildman–Crippen LogP) is 3.58. The first-order valence-corrected chi connectivity index (χ1v) is 7.41. The number of rotatable bonds is 3. The van der Waals surface area contributed by atoms with E-state index in [9.17, 15) is 0 Å². The highest BCUT2D eigenvalue weighted by molar-refractivity contribution is 5.82. The molecule has 1 heterocycles. The second-order valence-electron chi connectivity index (χ2n) is 5.73. The molecular weight excluding hydrogens is 248 g/mol. The average molecular weight is 270 g/mol. The lowest BCUT2D eigenvalue weighted by Crippen LogP contribution is -2.44. The van der Waals surface area contributed by atoms with Crippen LogP contribution >= 0.6 is 0 Å². The molecule has 1 aliphatic carbocycles. The number of aromatic nitrogens is 1. The van der Waals surface area contributed by atoms with Gasteiger partial charge < -0.3 is 10.5 Å². The minimum atomic E-state index is -0.232. The molecule has 2 aromatic rings. The standard InChI is InChI=1S/C17H22N2O/c1-20-17(10-3-2-4-11-17)16(18)14-9-5-7-13-8-6-12-19-15(13)14/h5-9,12,16H,2-4,10-11,18H2,1H3. The monoisotopic (exact) mass is 270 g/mol. The minimum Gasteiger partial charge on any atom is -0.376 e. The zero-order chi connectivity index (χ0) is 14.0. The fraction of sp³-hybridized carbons (Fsp3) is 0.471. The Morgan fingerprint density at radius 3 is 2.65 bits per heavy atom. The Bertz CT molecular complexity index is 585. The molecule has 106 valence electrons. The molecule has 1 aromatic heterocycles. The molecule has 3 nitrogen and oxygen atoms in total. The van der Waals surface area contributed by atoms with E-state index in [0.717, 1.165) is 29.3 Å². The van der Waals surface area contributed by atoms with Crippen molar-refractivity contribution in [1.82, 2.24) is 4.98 Å². The van der Waals surface area contributed by atoms with Gasteiger partial charge in [-0.15, -0.1) is 0 Å². The normalized spacial score (nSPS) is 19.9. The van der Waals surface area contributed by atoms with Crippen molar-refractivity contribution >= 4 is 10.9 Å². The first kappa shape index (κ1) is 13.5. The SMILES string of the molecule is COC1(C(N)c2cccc3cccnc23)CCCCC1. The number of nitrogens with zero attached hydrogens (tertiary/aromatic N) is 1. The van der Waals surface area contributed by atoms with Crippen molar-refractivity contribution in [2.75, 3.05) is 7.11 Å². The summed E-state index contributed by atoms with van der Waals surface area (Å²) in [4.78, 5) is 4.53. The lowest BCUT2D eigenvalue weighted by molar-refractivity contribution is -0.0592. The maximum Gasteiger partial charge on any atom is 0.0871 e. The second-order valence-corrected chi connectivity index (χ2v) is 5.73. The summed E-state index contributed by atoms with van der Waals surface area (Å²) in [5.74, 6) is 0. The average Bonchev–Trinajstić information content (AvgIpc) is 2.54. The smallest absolute Gasteiger partial charge is 0.0871 e. The number of benzene rings is 1. The third kappa shape index (κ3) is 2.21. The van der Waals surface area contributed by atoms with Crippen LogP contribution in [0.4, 0.5) is 0 Å². The van der Waals surface area contributed by atoms with Crippen LogP contribution in [0.1, 0.15) is 43.7 Å². The van der Waals surface area contributed by atoms with E-state index in [0.29, 0.717) is 0 Å². The lowest BCUT2D eigenvalue weighted by atomic mass is 9.76. The van der Waals surface area contributed by atoms with Crippen molar-refractivity contribution in [2.24, 2.45) is 5.73 Å². The number of para-hydroxylation sites is 1.